The van der Waals surface area contributed by atoms with Gasteiger partial charge in [-0.2, -0.15) is 0 Å². The Bertz CT molecular complexity index is 740. The number of anilines is 1. The second-order valence-corrected chi connectivity index (χ2v) is 5.10. The molecule has 3 rings (SSSR count). The third-order valence-electron chi connectivity index (χ3n) is 3.60. The number of fused-ring (bicyclic) bond motifs is 1. The van der Waals surface area contributed by atoms with Crippen LogP contribution in [0.2, 0.25) is 0 Å². The van der Waals surface area contributed by atoms with E-state index in [1.54, 1.807) is 18.2 Å². The molecule has 2 aromatic carbocycles. The maximum absolute atomic E-state index is 12.2. The minimum Gasteiger partial charge on any atom is -0.496 e. The number of nitrogens with one attached hydrogen (secondary N) is 2. The number of methoxy groups -OCH3 is 1. The van der Waals surface area contributed by atoms with Crippen LogP contribution in [0.5, 0.6) is 5.75 Å². The van der Waals surface area contributed by atoms with Gasteiger partial charge < -0.3 is 15.4 Å². The summed E-state index contributed by atoms with van der Waals surface area (Å²) >= 11 is 0. The monoisotopic (exact) mass is 296 g/mol. The lowest BCUT2D eigenvalue weighted by atomic mass is 10.1. The SMILES string of the molecule is COc1ccccc1C(=O)NCc1ccc2c(c1)CC(=O)N2. The van der Waals surface area contributed by atoms with E-state index in [4.69, 9.17) is 4.74 Å². The first kappa shape index (κ1) is 14.1. The average molecular weight is 296 g/mol. The molecule has 2 aromatic rings. The van der Waals surface area contributed by atoms with Gasteiger partial charge in [-0.15, -0.1) is 0 Å². The Kier molecular flexibility index (Phi) is 3.78. The smallest absolute Gasteiger partial charge is 0.255 e. The molecular weight excluding hydrogens is 280 g/mol. The van der Waals surface area contributed by atoms with Crippen LogP contribution in [-0.4, -0.2) is 18.9 Å². The fourth-order valence-corrected chi connectivity index (χ4v) is 2.50. The molecule has 1 heterocycles. The van der Waals surface area contributed by atoms with Crippen molar-refractivity contribution in [3.63, 3.8) is 0 Å². The molecule has 0 aliphatic carbocycles. The van der Waals surface area contributed by atoms with E-state index in [2.05, 4.69) is 10.6 Å². The van der Waals surface area contributed by atoms with E-state index < -0.39 is 0 Å². The summed E-state index contributed by atoms with van der Waals surface area (Å²) in [5.41, 5.74) is 3.28. The van der Waals surface area contributed by atoms with E-state index >= 15 is 0 Å². The maximum atomic E-state index is 12.2. The van der Waals surface area contributed by atoms with Crippen molar-refractivity contribution in [3.05, 3.63) is 59.2 Å². The molecule has 2 N–H and O–H groups in total. The lowest BCUT2D eigenvalue weighted by Gasteiger charge is -2.09. The highest BCUT2D eigenvalue weighted by Gasteiger charge is 2.17. The number of carbonyl (C=O) groups excluding carboxylic acids is 2. The zero-order valence-corrected chi connectivity index (χ0v) is 12.2. The summed E-state index contributed by atoms with van der Waals surface area (Å²) in [5, 5.41) is 5.66. The van der Waals surface area contributed by atoms with E-state index in [1.807, 2.05) is 24.3 Å². The van der Waals surface area contributed by atoms with Gasteiger partial charge in [0.25, 0.3) is 5.91 Å². The standard InChI is InChI=1S/C17H16N2O3/c1-22-15-5-3-2-4-13(15)17(21)18-10-11-6-7-14-12(8-11)9-16(20)19-14/h2-8H,9-10H2,1H3,(H,18,21)(H,19,20). The lowest BCUT2D eigenvalue weighted by molar-refractivity contribution is -0.115. The molecule has 5 heteroatoms. The van der Waals surface area contributed by atoms with Crippen molar-refractivity contribution in [1.29, 1.82) is 0 Å². The third-order valence-corrected chi connectivity index (χ3v) is 3.60. The predicted molar refractivity (Wildman–Crippen MR) is 82.9 cm³/mol. The molecule has 5 nitrogen and oxygen atoms in total. The van der Waals surface area contributed by atoms with Gasteiger partial charge in [-0.3, -0.25) is 9.59 Å². The van der Waals surface area contributed by atoms with Gasteiger partial charge >= 0.3 is 0 Å². The number of amides is 2. The average Bonchev–Trinajstić information content (AvgIpc) is 2.91. The van der Waals surface area contributed by atoms with Gasteiger partial charge in [-0.1, -0.05) is 24.3 Å². The number of rotatable bonds is 4. The first-order chi connectivity index (χ1) is 10.7. The molecule has 0 saturated heterocycles. The van der Waals surface area contributed by atoms with Crippen LogP contribution in [0.1, 0.15) is 21.5 Å². The Morgan fingerprint density at radius 2 is 2.09 bits per heavy atom. The maximum Gasteiger partial charge on any atom is 0.255 e. The quantitative estimate of drug-likeness (QED) is 0.908. The van der Waals surface area contributed by atoms with Crippen LogP contribution in [0.4, 0.5) is 5.69 Å². The Morgan fingerprint density at radius 1 is 1.27 bits per heavy atom. The zero-order valence-electron chi connectivity index (χ0n) is 12.2. The molecular formula is C17H16N2O3. The number of carbonyl (C=O) groups is 2. The number of para-hydroxylation sites is 1. The van der Waals surface area contributed by atoms with E-state index in [-0.39, 0.29) is 11.8 Å². The topological polar surface area (TPSA) is 67.4 Å². The van der Waals surface area contributed by atoms with Crippen LogP contribution in [0.3, 0.4) is 0 Å². The minimum atomic E-state index is -0.188. The minimum absolute atomic E-state index is 0.00482. The zero-order chi connectivity index (χ0) is 15.5. The molecule has 0 fully saturated rings. The fraction of sp³-hybridized carbons (Fsp3) is 0.176. The molecule has 0 bridgehead atoms. The molecule has 0 radical (unpaired) electrons. The Hall–Kier alpha value is -2.82. The van der Waals surface area contributed by atoms with E-state index in [1.165, 1.54) is 7.11 Å². The highest BCUT2D eigenvalue weighted by Crippen LogP contribution is 2.24. The lowest BCUT2D eigenvalue weighted by Crippen LogP contribution is -2.23. The van der Waals surface area contributed by atoms with Crippen molar-refractivity contribution in [2.24, 2.45) is 0 Å². The summed E-state index contributed by atoms with van der Waals surface area (Å²) < 4.78 is 5.18. The van der Waals surface area contributed by atoms with Gasteiger partial charge in [0, 0.05) is 12.2 Å². The molecule has 0 spiro atoms. The molecule has 0 atom stereocenters. The number of hydrogen-bond donors (Lipinski definition) is 2. The van der Waals surface area contributed by atoms with Crippen molar-refractivity contribution in [2.45, 2.75) is 13.0 Å². The van der Waals surface area contributed by atoms with Crippen molar-refractivity contribution in [2.75, 3.05) is 12.4 Å². The summed E-state index contributed by atoms with van der Waals surface area (Å²) in [7, 11) is 1.54. The third kappa shape index (κ3) is 2.79. The van der Waals surface area contributed by atoms with Gasteiger partial charge in [-0.05, 0) is 29.3 Å². The van der Waals surface area contributed by atoms with Gasteiger partial charge in [0.1, 0.15) is 5.75 Å². The van der Waals surface area contributed by atoms with Gasteiger partial charge in [-0.25, -0.2) is 0 Å². The van der Waals surface area contributed by atoms with Crippen LogP contribution < -0.4 is 15.4 Å². The fourth-order valence-electron chi connectivity index (χ4n) is 2.50. The highest BCUT2D eigenvalue weighted by molar-refractivity contribution is 5.99. The van der Waals surface area contributed by atoms with Crippen LogP contribution in [0.15, 0.2) is 42.5 Å². The van der Waals surface area contributed by atoms with E-state index in [0.717, 1.165) is 16.8 Å². The van der Waals surface area contributed by atoms with Crippen molar-refractivity contribution < 1.29 is 14.3 Å². The summed E-state index contributed by atoms with van der Waals surface area (Å²) in [6.07, 6.45) is 0.392. The second-order valence-electron chi connectivity index (χ2n) is 5.10. The van der Waals surface area contributed by atoms with Crippen LogP contribution in [0, 0.1) is 0 Å². The number of ether oxygens (including phenoxy) is 1. The van der Waals surface area contributed by atoms with Crippen LogP contribution in [0.25, 0.3) is 0 Å². The van der Waals surface area contributed by atoms with Crippen LogP contribution in [-0.2, 0) is 17.8 Å². The Labute approximate surface area is 128 Å². The Morgan fingerprint density at radius 3 is 2.91 bits per heavy atom. The number of benzene rings is 2. The summed E-state index contributed by atoms with van der Waals surface area (Å²) in [6, 6.07) is 12.8. The van der Waals surface area contributed by atoms with Gasteiger partial charge in [0.05, 0.1) is 19.1 Å². The summed E-state index contributed by atoms with van der Waals surface area (Å²) in [5.74, 6) is 0.362. The summed E-state index contributed by atoms with van der Waals surface area (Å²) in [4.78, 5) is 23.6. The molecule has 0 aromatic heterocycles. The molecule has 112 valence electrons. The van der Waals surface area contributed by atoms with Crippen molar-refractivity contribution in [3.8, 4) is 5.75 Å². The van der Waals surface area contributed by atoms with E-state index in [9.17, 15) is 9.59 Å². The predicted octanol–water partition coefficient (Wildman–Crippen LogP) is 2.12. The molecule has 1 aliphatic heterocycles. The number of hydrogen-bond acceptors (Lipinski definition) is 3. The second kappa shape index (κ2) is 5.89. The molecule has 22 heavy (non-hydrogen) atoms. The summed E-state index contributed by atoms with van der Waals surface area (Å²) in [6.45, 7) is 0.401. The molecule has 0 saturated carbocycles. The normalized spacial score (nSPS) is 12.5. The van der Waals surface area contributed by atoms with Gasteiger partial charge in [0.15, 0.2) is 0 Å². The van der Waals surface area contributed by atoms with Crippen molar-refractivity contribution in [1.82, 2.24) is 5.32 Å². The van der Waals surface area contributed by atoms with Crippen LogP contribution >= 0.6 is 0 Å². The van der Waals surface area contributed by atoms with Gasteiger partial charge in [0.2, 0.25) is 5.91 Å². The Balaban J connectivity index is 1.69. The van der Waals surface area contributed by atoms with E-state index in [0.29, 0.717) is 24.3 Å². The highest BCUT2D eigenvalue weighted by atomic mass is 16.5. The van der Waals surface area contributed by atoms with Crippen molar-refractivity contribution >= 4 is 17.5 Å². The first-order valence-corrected chi connectivity index (χ1v) is 7.00. The molecule has 0 unspecified atom stereocenters. The largest absolute Gasteiger partial charge is 0.496 e. The molecule has 1 aliphatic rings. The first-order valence-electron chi connectivity index (χ1n) is 7.00. The molecule has 2 amide bonds.